The predicted molar refractivity (Wildman–Crippen MR) is 129 cm³/mol. The van der Waals surface area contributed by atoms with Crippen molar-refractivity contribution in [3.63, 3.8) is 0 Å². The minimum Gasteiger partial charge on any atom is -0.366 e. The fourth-order valence-corrected chi connectivity index (χ4v) is 6.73. The first kappa shape index (κ1) is 21.7. The molecular formula is C27H26N2O3S. The molecule has 2 N–H and O–H groups in total. The third kappa shape index (κ3) is 4.05. The van der Waals surface area contributed by atoms with Gasteiger partial charge in [0, 0.05) is 45.8 Å². The van der Waals surface area contributed by atoms with Gasteiger partial charge in [0.2, 0.25) is 5.91 Å². The monoisotopic (exact) mass is 458 g/mol. The van der Waals surface area contributed by atoms with Crippen molar-refractivity contribution >= 4 is 28.8 Å². The standard InChI is InChI=1S/C27H26N2O3S/c1-29-19-11-12-21(29)24-22(14-19)33-23(25(24)27(28)32)15-20(30)13-16-7-9-18(10-8-16)26(31)17-5-3-2-4-6-17/h2-10,19,21H,11-15H2,1H3,(H2,28,32)/t19-,21?/m1/s1. The number of nitrogens with zero attached hydrogens (tertiary/aromatic N) is 1. The first-order chi connectivity index (χ1) is 15.9. The Balaban J connectivity index is 1.31. The van der Waals surface area contributed by atoms with E-state index in [9.17, 15) is 14.4 Å². The van der Waals surface area contributed by atoms with Gasteiger partial charge in [-0.15, -0.1) is 11.3 Å². The summed E-state index contributed by atoms with van der Waals surface area (Å²) < 4.78 is 0. The Hall–Kier alpha value is -3.09. The molecule has 2 bridgehead atoms. The number of rotatable bonds is 7. The van der Waals surface area contributed by atoms with E-state index in [0.717, 1.165) is 35.3 Å². The molecule has 0 spiro atoms. The van der Waals surface area contributed by atoms with Gasteiger partial charge < -0.3 is 5.73 Å². The lowest BCUT2D eigenvalue weighted by Gasteiger charge is -2.31. The van der Waals surface area contributed by atoms with Crippen molar-refractivity contribution in [1.29, 1.82) is 0 Å². The first-order valence-corrected chi connectivity index (χ1v) is 12.1. The van der Waals surface area contributed by atoms with Gasteiger partial charge >= 0.3 is 0 Å². The van der Waals surface area contributed by atoms with Crippen LogP contribution in [0.15, 0.2) is 54.6 Å². The lowest BCUT2D eigenvalue weighted by Crippen LogP contribution is -2.34. The average molecular weight is 459 g/mol. The minimum atomic E-state index is -0.433. The van der Waals surface area contributed by atoms with E-state index in [1.165, 1.54) is 4.88 Å². The second kappa shape index (κ2) is 8.69. The Kier molecular flexibility index (Phi) is 5.72. The molecule has 1 amide bonds. The van der Waals surface area contributed by atoms with Crippen LogP contribution in [0, 0.1) is 0 Å². The van der Waals surface area contributed by atoms with Crippen molar-refractivity contribution in [2.24, 2.45) is 5.73 Å². The Morgan fingerprint density at radius 1 is 0.970 bits per heavy atom. The summed E-state index contributed by atoms with van der Waals surface area (Å²) in [5, 5.41) is 0. The molecule has 2 aliphatic rings. The molecule has 3 aromatic rings. The van der Waals surface area contributed by atoms with Gasteiger partial charge in [0.15, 0.2) is 5.78 Å². The van der Waals surface area contributed by atoms with Crippen LogP contribution in [0.2, 0.25) is 0 Å². The van der Waals surface area contributed by atoms with E-state index in [4.69, 9.17) is 5.73 Å². The van der Waals surface area contributed by atoms with Crippen molar-refractivity contribution in [3.8, 4) is 0 Å². The second-order valence-corrected chi connectivity index (χ2v) is 10.2. The summed E-state index contributed by atoms with van der Waals surface area (Å²) in [6.45, 7) is 0. The molecule has 33 heavy (non-hydrogen) atoms. The number of hydrogen-bond donors (Lipinski definition) is 1. The summed E-state index contributed by atoms with van der Waals surface area (Å²) in [6, 6.07) is 17.1. The topological polar surface area (TPSA) is 80.5 Å². The molecule has 5 rings (SSSR count). The second-order valence-electron chi connectivity index (χ2n) is 9.00. The largest absolute Gasteiger partial charge is 0.366 e. The van der Waals surface area contributed by atoms with Crippen molar-refractivity contribution in [3.05, 3.63) is 92.2 Å². The fraction of sp³-hybridized carbons (Fsp3) is 0.296. The molecule has 2 aliphatic heterocycles. The highest BCUT2D eigenvalue weighted by Crippen LogP contribution is 2.48. The van der Waals surface area contributed by atoms with Gasteiger partial charge in [-0.05, 0) is 37.4 Å². The lowest BCUT2D eigenvalue weighted by atomic mass is 9.94. The van der Waals surface area contributed by atoms with Gasteiger partial charge in [-0.3, -0.25) is 19.3 Å². The Labute approximate surface area is 197 Å². The maximum Gasteiger partial charge on any atom is 0.250 e. The number of Topliss-reactive ketones (excluding diaryl/α,β-unsaturated/α-hetero) is 1. The normalized spacial score (nSPS) is 19.3. The van der Waals surface area contributed by atoms with Crippen LogP contribution in [0.5, 0.6) is 0 Å². The number of ketones is 2. The van der Waals surface area contributed by atoms with Crippen LogP contribution in [-0.4, -0.2) is 35.5 Å². The Morgan fingerprint density at radius 3 is 2.36 bits per heavy atom. The number of thiophene rings is 1. The average Bonchev–Trinajstić information content (AvgIpc) is 3.28. The molecule has 0 saturated carbocycles. The summed E-state index contributed by atoms with van der Waals surface area (Å²) >= 11 is 1.59. The zero-order valence-electron chi connectivity index (χ0n) is 18.5. The van der Waals surface area contributed by atoms with Crippen LogP contribution in [0.25, 0.3) is 0 Å². The molecule has 168 valence electrons. The number of primary amides is 1. The van der Waals surface area contributed by atoms with E-state index in [1.54, 1.807) is 35.6 Å². The highest BCUT2D eigenvalue weighted by atomic mass is 32.1. The van der Waals surface area contributed by atoms with Crippen LogP contribution in [0.1, 0.15) is 66.0 Å². The summed E-state index contributed by atoms with van der Waals surface area (Å²) in [4.78, 5) is 42.2. The van der Waals surface area contributed by atoms with Gasteiger partial charge in [-0.25, -0.2) is 0 Å². The SMILES string of the molecule is CN1C2CC[C@@H]1Cc1sc(CC(=O)Cc3ccc(C(=O)c4ccccc4)cc3)c(C(N)=O)c12. The van der Waals surface area contributed by atoms with Gasteiger partial charge in [-0.2, -0.15) is 0 Å². The number of likely N-dealkylation sites (N-methyl/N-ethyl adjacent to an activating group) is 1. The van der Waals surface area contributed by atoms with E-state index >= 15 is 0 Å². The molecule has 1 fully saturated rings. The van der Waals surface area contributed by atoms with Gasteiger partial charge in [0.25, 0.3) is 0 Å². The molecule has 3 heterocycles. The van der Waals surface area contributed by atoms with E-state index < -0.39 is 5.91 Å². The smallest absolute Gasteiger partial charge is 0.250 e. The molecule has 0 aliphatic carbocycles. The zero-order chi connectivity index (χ0) is 23.1. The molecular weight excluding hydrogens is 432 g/mol. The number of benzene rings is 2. The molecule has 1 unspecified atom stereocenters. The number of nitrogens with two attached hydrogens (primary N) is 1. The van der Waals surface area contributed by atoms with Crippen LogP contribution in [0.3, 0.4) is 0 Å². The minimum absolute atomic E-state index is 0.0387. The quantitative estimate of drug-likeness (QED) is 0.540. The molecule has 1 aromatic heterocycles. The van der Waals surface area contributed by atoms with Crippen molar-refractivity contribution < 1.29 is 14.4 Å². The predicted octanol–water partition coefficient (Wildman–Crippen LogP) is 4.12. The van der Waals surface area contributed by atoms with Gasteiger partial charge in [-0.1, -0.05) is 54.6 Å². The third-order valence-corrected chi connectivity index (χ3v) is 8.18. The molecule has 2 aromatic carbocycles. The Bertz CT molecular complexity index is 1230. The van der Waals surface area contributed by atoms with Crippen LogP contribution < -0.4 is 5.73 Å². The Morgan fingerprint density at radius 2 is 1.67 bits per heavy atom. The summed E-state index contributed by atoms with van der Waals surface area (Å²) in [5.74, 6) is -0.433. The van der Waals surface area contributed by atoms with Gasteiger partial charge in [0.1, 0.15) is 5.78 Å². The molecule has 0 radical (unpaired) electrons. The van der Waals surface area contributed by atoms with E-state index in [2.05, 4.69) is 11.9 Å². The summed E-state index contributed by atoms with van der Waals surface area (Å²) in [6.07, 6.45) is 3.57. The third-order valence-electron chi connectivity index (χ3n) is 6.95. The highest BCUT2D eigenvalue weighted by Gasteiger charge is 2.41. The highest BCUT2D eigenvalue weighted by molar-refractivity contribution is 7.12. The van der Waals surface area contributed by atoms with Crippen molar-refractivity contribution in [2.75, 3.05) is 7.05 Å². The molecule has 6 heteroatoms. The summed E-state index contributed by atoms with van der Waals surface area (Å²) in [7, 11) is 2.12. The molecule has 2 atom stereocenters. The number of carbonyl (C=O) groups excluding carboxylic acids is 3. The number of carbonyl (C=O) groups is 3. The summed E-state index contributed by atoms with van der Waals surface area (Å²) in [5.41, 5.74) is 9.51. The van der Waals surface area contributed by atoms with Crippen LogP contribution in [0.4, 0.5) is 0 Å². The number of fused-ring (bicyclic) bond motifs is 4. The fourth-order valence-electron chi connectivity index (χ4n) is 5.26. The van der Waals surface area contributed by atoms with Crippen molar-refractivity contribution in [2.45, 2.75) is 44.2 Å². The van der Waals surface area contributed by atoms with Gasteiger partial charge in [0.05, 0.1) is 5.56 Å². The first-order valence-electron chi connectivity index (χ1n) is 11.3. The lowest BCUT2D eigenvalue weighted by molar-refractivity contribution is -0.117. The van der Waals surface area contributed by atoms with Crippen LogP contribution >= 0.6 is 11.3 Å². The van der Waals surface area contributed by atoms with E-state index in [-0.39, 0.29) is 30.4 Å². The zero-order valence-corrected chi connectivity index (χ0v) is 19.4. The van der Waals surface area contributed by atoms with E-state index in [0.29, 0.717) is 22.7 Å². The van der Waals surface area contributed by atoms with Crippen molar-refractivity contribution in [1.82, 2.24) is 4.90 Å². The number of hydrogen-bond acceptors (Lipinski definition) is 5. The maximum absolute atomic E-state index is 12.9. The molecule has 5 nitrogen and oxygen atoms in total. The number of amides is 1. The molecule has 1 saturated heterocycles. The maximum atomic E-state index is 12.9. The van der Waals surface area contributed by atoms with Crippen LogP contribution in [-0.2, 0) is 24.1 Å². The van der Waals surface area contributed by atoms with E-state index in [1.807, 2.05) is 30.3 Å².